The molecule has 0 bridgehead atoms. The van der Waals surface area contributed by atoms with Gasteiger partial charge in [0.1, 0.15) is 11.4 Å². The number of carbonyl (C=O) groups excluding carboxylic acids is 2. The molecule has 0 fully saturated rings. The molecule has 2 amide bonds. The Morgan fingerprint density at radius 1 is 1.17 bits per heavy atom. The smallest absolute Gasteiger partial charge is 0.272 e. The van der Waals surface area contributed by atoms with Gasteiger partial charge in [0.2, 0.25) is 0 Å². The van der Waals surface area contributed by atoms with Crippen molar-refractivity contribution >= 4 is 17.5 Å². The Morgan fingerprint density at radius 2 is 1.92 bits per heavy atom. The first-order valence-electron chi connectivity index (χ1n) is 7.79. The molecule has 0 radical (unpaired) electrons. The quantitative estimate of drug-likeness (QED) is 0.885. The number of pyridine rings is 1. The van der Waals surface area contributed by atoms with Crippen LogP contribution >= 0.6 is 0 Å². The summed E-state index contributed by atoms with van der Waals surface area (Å²) in [4.78, 5) is 30.5. The molecule has 0 spiro atoms. The van der Waals surface area contributed by atoms with Gasteiger partial charge >= 0.3 is 0 Å². The predicted molar refractivity (Wildman–Crippen MR) is 92.4 cm³/mol. The zero-order chi connectivity index (χ0) is 17.5. The number of ether oxygens (including phenoxy) is 1. The number of amides is 2. The van der Waals surface area contributed by atoms with E-state index in [4.69, 9.17) is 4.74 Å². The number of aromatic nitrogens is 1. The molecule has 6 nitrogen and oxygen atoms in total. The van der Waals surface area contributed by atoms with Crippen molar-refractivity contribution in [3.8, 4) is 5.75 Å². The maximum atomic E-state index is 12.4. The minimum atomic E-state index is -0.306. The van der Waals surface area contributed by atoms with Crippen molar-refractivity contribution in [1.82, 2.24) is 9.88 Å². The van der Waals surface area contributed by atoms with Crippen molar-refractivity contribution in [3.63, 3.8) is 0 Å². The zero-order valence-corrected chi connectivity index (χ0v) is 14.1. The molecule has 1 aromatic carbocycles. The van der Waals surface area contributed by atoms with Gasteiger partial charge in [0.15, 0.2) is 0 Å². The van der Waals surface area contributed by atoms with Gasteiger partial charge in [0, 0.05) is 36.6 Å². The number of nitrogens with one attached hydrogen (secondary N) is 1. The summed E-state index contributed by atoms with van der Waals surface area (Å²) in [6.45, 7) is 5.00. The lowest BCUT2D eigenvalue weighted by Crippen LogP contribution is -2.31. The molecule has 2 rings (SSSR count). The number of hydrogen-bond acceptors (Lipinski definition) is 4. The largest absolute Gasteiger partial charge is 0.497 e. The van der Waals surface area contributed by atoms with Crippen LogP contribution in [0, 0.1) is 0 Å². The highest BCUT2D eigenvalue weighted by atomic mass is 16.5. The van der Waals surface area contributed by atoms with Crippen LogP contribution in [0.5, 0.6) is 5.75 Å². The third-order valence-corrected chi connectivity index (χ3v) is 3.62. The summed E-state index contributed by atoms with van der Waals surface area (Å²) in [6.07, 6.45) is 1.47. The molecule has 126 valence electrons. The van der Waals surface area contributed by atoms with E-state index in [2.05, 4.69) is 10.3 Å². The van der Waals surface area contributed by atoms with Crippen molar-refractivity contribution in [3.05, 3.63) is 53.9 Å². The Hall–Kier alpha value is -2.89. The second-order valence-electron chi connectivity index (χ2n) is 5.09. The first kappa shape index (κ1) is 17.5. The summed E-state index contributed by atoms with van der Waals surface area (Å²) in [5, 5.41) is 2.78. The van der Waals surface area contributed by atoms with E-state index in [1.54, 1.807) is 42.3 Å². The van der Waals surface area contributed by atoms with Gasteiger partial charge in [0.25, 0.3) is 11.8 Å². The van der Waals surface area contributed by atoms with Gasteiger partial charge < -0.3 is 15.0 Å². The molecule has 24 heavy (non-hydrogen) atoms. The first-order chi connectivity index (χ1) is 11.6. The molecule has 6 heteroatoms. The lowest BCUT2D eigenvalue weighted by Gasteiger charge is -2.18. The summed E-state index contributed by atoms with van der Waals surface area (Å²) in [5.41, 5.74) is 1.26. The Labute approximate surface area is 141 Å². The molecule has 2 aromatic rings. The Bertz CT molecular complexity index is 727. The molecule has 0 saturated carbocycles. The van der Waals surface area contributed by atoms with Crippen molar-refractivity contribution in [1.29, 1.82) is 0 Å². The maximum Gasteiger partial charge on any atom is 0.272 e. The SMILES string of the molecule is CCN(CC)C(=O)c1cc(C(=O)Nc2cccc(OC)c2)ccn1. The normalized spacial score (nSPS) is 10.1. The fraction of sp³-hybridized carbons (Fsp3) is 0.278. The van der Waals surface area contributed by atoms with Crippen LogP contribution < -0.4 is 10.1 Å². The summed E-state index contributed by atoms with van der Waals surface area (Å²) in [6, 6.07) is 10.2. The molecule has 1 N–H and O–H groups in total. The van der Waals surface area contributed by atoms with Crippen LogP contribution in [0.15, 0.2) is 42.6 Å². The van der Waals surface area contributed by atoms with Crippen LogP contribution in [-0.4, -0.2) is 41.9 Å². The van der Waals surface area contributed by atoms with Gasteiger partial charge in [-0.25, -0.2) is 0 Å². The summed E-state index contributed by atoms with van der Waals surface area (Å²) < 4.78 is 5.13. The minimum absolute atomic E-state index is 0.184. The Morgan fingerprint density at radius 3 is 2.58 bits per heavy atom. The van der Waals surface area contributed by atoms with Crippen LogP contribution in [-0.2, 0) is 0 Å². The van der Waals surface area contributed by atoms with Crippen LogP contribution in [0.25, 0.3) is 0 Å². The molecule has 1 aromatic heterocycles. The number of rotatable bonds is 6. The third-order valence-electron chi connectivity index (χ3n) is 3.62. The van der Waals surface area contributed by atoms with Gasteiger partial charge in [-0.3, -0.25) is 14.6 Å². The van der Waals surface area contributed by atoms with Crippen LogP contribution in [0.3, 0.4) is 0 Å². The number of anilines is 1. The van der Waals surface area contributed by atoms with Crippen LogP contribution in [0.2, 0.25) is 0 Å². The van der Waals surface area contributed by atoms with Crippen molar-refractivity contribution in [2.45, 2.75) is 13.8 Å². The second-order valence-corrected chi connectivity index (χ2v) is 5.09. The highest BCUT2D eigenvalue weighted by Gasteiger charge is 2.16. The van der Waals surface area contributed by atoms with E-state index in [-0.39, 0.29) is 17.5 Å². The monoisotopic (exact) mass is 327 g/mol. The van der Waals surface area contributed by atoms with Crippen molar-refractivity contribution < 1.29 is 14.3 Å². The first-order valence-corrected chi connectivity index (χ1v) is 7.79. The maximum absolute atomic E-state index is 12.4. The Kier molecular flexibility index (Phi) is 5.89. The lowest BCUT2D eigenvalue weighted by atomic mass is 10.2. The lowest BCUT2D eigenvalue weighted by molar-refractivity contribution is 0.0767. The van der Waals surface area contributed by atoms with E-state index in [1.165, 1.54) is 12.3 Å². The number of benzene rings is 1. The summed E-state index contributed by atoms with van der Waals surface area (Å²) >= 11 is 0. The molecule has 0 aliphatic carbocycles. The number of hydrogen-bond donors (Lipinski definition) is 1. The second kappa shape index (κ2) is 8.10. The van der Waals surface area contributed by atoms with Gasteiger partial charge in [-0.15, -0.1) is 0 Å². The number of nitrogens with zero attached hydrogens (tertiary/aromatic N) is 2. The average Bonchev–Trinajstić information content (AvgIpc) is 2.63. The fourth-order valence-electron chi connectivity index (χ4n) is 2.27. The van der Waals surface area contributed by atoms with Crippen molar-refractivity contribution in [2.75, 3.05) is 25.5 Å². The van der Waals surface area contributed by atoms with Gasteiger partial charge in [-0.1, -0.05) is 6.07 Å². The molecule has 0 aliphatic heterocycles. The van der Waals surface area contributed by atoms with Gasteiger partial charge in [-0.05, 0) is 38.1 Å². The summed E-state index contributed by atoms with van der Waals surface area (Å²) in [7, 11) is 1.56. The fourth-order valence-corrected chi connectivity index (χ4v) is 2.27. The van der Waals surface area contributed by atoms with E-state index in [9.17, 15) is 9.59 Å². The summed E-state index contributed by atoms with van der Waals surface area (Å²) in [5.74, 6) is 0.162. The highest BCUT2D eigenvalue weighted by Crippen LogP contribution is 2.17. The zero-order valence-electron chi connectivity index (χ0n) is 14.1. The minimum Gasteiger partial charge on any atom is -0.497 e. The van der Waals surface area contributed by atoms with Gasteiger partial charge in [0.05, 0.1) is 7.11 Å². The topological polar surface area (TPSA) is 71.5 Å². The van der Waals surface area contributed by atoms with Gasteiger partial charge in [-0.2, -0.15) is 0 Å². The van der Waals surface area contributed by atoms with E-state index < -0.39 is 0 Å². The van der Waals surface area contributed by atoms with E-state index in [1.807, 2.05) is 13.8 Å². The highest BCUT2D eigenvalue weighted by molar-refractivity contribution is 6.05. The molecule has 0 atom stereocenters. The predicted octanol–water partition coefficient (Wildman–Crippen LogP) is 2.82. The third kappa shape index (κ3) is 4.10. The van der Waals surface area contributed by atoms with E-state index in [0.717, 1.165) is 0 Å². The Balaban J connectivity index is 2.18. The molecular formula is C18H21N3O3. The molecule has 0 aliphatic rings. The standard InChI is InChI=1S/C18H21N3O3/c1-4-21(5-2)18(23)16-11-13(9-10-19-16)17(22)20-14-7-6-8-15(12-14)24-3/h6-12H,4-5H2,1-3H3,(H,20,22). The van der Waals surface area contributed by atoms with Crippen molar-refractivity contribution in [2.24, 2.45) is 0 Å². The molecule has 1 heterocycles. The van der Waals surface area contributed by atoms with Crippen LogP contribution in [0.1, 0.15) is 34.7 Å². The molecule has 0 saturated heterocycles. The van der Waals surface area contributed by atoms with Crippen LogP contribution in [0.4, 0.5) is 5.69 Å². The number of carbonyl (C=O) groups is 2. The van der Waals surface area contributed by atoms with E-state index in [0.29, 0.717) is 30.1 Å². The number of methoxy groups -OCH3 is 1. The van der Waals surface area contributed by atoms with E-state index >= 15 is 0 Å². The molecule has 0 unspecified atom stereocenters. The average molecular weight is 327 g/mol. The molecular weight excluding hydrogens is 306 g/mol.